The standard InChI is InChI=1S/C28H47NO/c1-17-8-11-26(4)20(14-17)6-7-21-22(26)10-12-27(5)23(21)15-24-25(27)19(3)28(30-24)13-9-18(2)16-29-28/h17-25,29H,6-16H2,1-5H3/t17?,18-,19+,20-,21+,22+,23+,24+,25+,26+,27+,28-/m1/s1. The molecule has 170 valence electrons. The van der Waals surface area contributed by atoms with Gasteiger partial charge in [0.15, 0.2) is 0 Å². The van der Waals surface area contributed by atoms with Crippen LogP contribution in [0.15, 0.2) is 0 Å². The smallest absolute Gasteiger partial charge is 0.122 e. The second-order valence-corrected chi connectivity index (χ2v) is 13.7. The predicted octanol–water partition coefficient (Wildman–Crippen LogP) is 6.64. The Kier molecular flexibility index (Phi) is 4.60. The average Bonchev–Trinajstić information content (AvgIpc) is 3.16. The van der Waals surface area contributed by atoms with Gasteiger partial charge in [0.05, 0.1) is 6.10 Å². The Morgan fingerprint density at radius 2 is 1.53 bits per heavy atom. The van der Waals surface area contributed by atoms with Crippen LogP contribution >= 0.6 is 0 Å². The second kappa shape index (κ2) is 6.72. The van der Waals surface area contributed by atoms with E-state index < -0.39 is 0 Å². The molecule has 1 spiro atoms. The van der Waals surface area contributed by atoms with Crippen LogP contribution < -0.4 is 5.32 Å². The number of rotatable bonds is 0. The van der Waals surface area contributed by atoms with Crippen molar-refractivity contribution in [1.29, 1.82) is 0 Å². The van der Waals surface area contributed by atoms with Crippen LogP contribution in [0.3, 0.4) is 0 Å². The summed E-state index contributed by atoms with van der Waals surface area (Å²) in [6.07, 6.45) is 15.0. The summed E-state index contributed by atoms with van der Waals surface area (Å²) in [5.74, 6) is 7.14. The van der Waals surface area contributed by atoms with E-state index in [2.05, 4.69) is 39.9 Å². The summed E-state index contributed by atoms with van der Waals surface area (Å²) in [7, 11) is 0. The van der Waals surface area contributed by atoms with Gasteiger partial charge in [0, 0.05) is 12.5 Å². The lowest BCUT2D eigenvalue weighted by atomic mass is 9.44. The minimum absolute atomic E-state index is 0.00415. The Bertz CT molecular complexity index is 682. The molecule has 2 heteroatoms. The first-order chi connectivity index (χ1) is 14.3. The van der Waals surface area contributed by atoms with Crippen molar-refractivity contribution in [2.24, 2.45) is 58.2 Å². The van der Waals surface area contributed by atoms with Crippen LogP contribution in [-0.4, -0.2) is 18.4 Å². The minimum Gasteiger partial charge on any atom is -0.357 e. The Hall–Kier alpha value is -0.0800. The van der Waals surface area contributed by atoms with Crippen LogP contribution in [-0.2, 0) is 4.74 Å². The van der Waals surface area contributed by atoms with Crippen molar-refractivity contribution in [3.63, 3.8) is 0 Å². The zero-order valence-corrected chi connectivity index (χ0v) is 20.4. The molecule has 1 unspecified atom stereocenters. The monoisotopic (exact) mass is 413 g/mol. The molecule has 6 fully saturated rings. The first-order valence-electron chi connectivity index (χ1n) is 13.7. The van der Waals surface area contributed by atoms with Crippen LogP contribution in [0.25, 0.3) is 0 Å². The summed E-state index contributed by atoms with van der Waals surface area (Å²) in [6, 6.07) is 0. The summed E-state index contributed by atoms with van der Waals surface area (Å²) in [4.78, 5) is 0. The van der Waals surface area contributed by atoms with Crippen LogP contribution in [0.2, 0.25) is 0 Å². The fraction of sp³-hybridized carbons (Fsp3) is 1.00. The number of nitrogens with one attached hydrogen (secondary N) is 1. The first-order valence-corrected chi connectivity index (χ1v) is 13.7. The molecule has 6 aliphatic rings. The molecule has 0 amide bonds. The van der Waals surface area contributed by atoms with Crippen LogP contribution in [0.1, 0.15) is 98.8 Å². The summed E-state index contributed by atoms with van der Waals surface area (Å²) in [5, 5.41) is 3.92. The Morgan fingerprint density at radius 1 is 0.767 bits per heavy atom. The fourth-order valence-corrected chi connectivity index (χ4v) is 10.7. The van der Waals surface area contributed by atoms with E-state index in [0.717, 1.165) is 48.0 Å². The van der Waals surface area contributed by atoms with Crippen molar-refractivity contribution >= 4 is 0 Å². The molecule has 0 aromatic rings. The van der Waals surface area contributed by atoms with Crippen molar-refractivity contribution in [1.82, 2.24) is 5.32 Å². The zero-order valence-electron chi connectivity index (χ0n) is 20.4. The fourth-order valence-electron chi connectivity index (χ4n) is 10.7. The zero-order chi connectivity index (χ0) is 20.9. The van der Waals surface area contributed by atoms with E-state index >= 15 is 0 Å². The molecule has 2 heterocycles. The van der Waals surface area contributed by atoms with Crippen molar-refractivity contribution in [3.05, 3.63) is 0 Å². The molecule has 6 rings (SSSR count). The maximum atomic E-state index is 7.05. The van der Waals surface area contributed by atoms with Crippen molar-refractivity contribution in [2.45, 2.75) is 111 Å². The molecule has 4 saturated carbocycles. The molecule has 2 saturated heterocycles. The molecule has 0 bridgehead atoms. The third-order valence-electron chi connectivity index (χ3n) is 12.4. The van der Waals surface area contributed by atoms with Gasteiger partial charge in [-0.15, -0.1) is 0 Å². The van der Waals surface area contributed by atoms with Crippen molar-refractivity contribution in [2.75, 3.05) is 6.54 Å². The van der Waals surface area contributed by atoms with Gasteiger partial charge < -0.3 is 4.74 Å². The van der Waals surface area contributed by atoms with Gasteiger partial charge in [-0.2, -0.15) is 0 Å². The molecular formula is C28H47NO. The molecule has 4 aliphatic carbocycles. The van der Waals surface area contributed by atoms with Crippen molar-refractivity contribution < 1.29 is 4.74 Å². The third kappa shape index (κ3) is 2.62. The van der Waals surface area contributed by atoms with E-state index in [1.807, 2.05) is 0 Å². The van der Waals surface area contributed by atoms with Crippen molar-refractivity contribution in [3.8, 4) is 0 Å². The highest BCUT2D eigenvalue weighted by molar-refractivity contribution is 5.16. The SMILES string of the molecule is CC1CC[C@@]2(C)[C@H](CC[C@H]3[C@@H]2CC[C@]2(C)[C@@H]4[C@H](C[C@@H]32)O[C@]2(CC[C@@H](C)CN2)[C@H]4C)C1. The maximum Gasteiger partial charge on any atom is 0.122 e. The lowest BCUT2D eigenvalue weighted by Crippen LogP contribution is -2.57. The van der Waals surface area contributed by atoms with Crippen LogP contribution in [0.4, 0.5) is 0 Å². The van der Waals surface area contributed by atoms with Gasteiger partial charge in [0.1, 0.15) is 5.72 Å². The van der Waals surface area contributed by atoms with E-state index in [1.54, 1.807) is 0 Å². The van der Waals surface area contributed by atoms with Gasteiger partial charge in [0.2, 0.25) is 0 Å². The van der Waals surface area contributed by atoms with E-state index in [-0.39, 0.29) is 5.72 Å². The highest BCUT2D eigenvalue weighted by Crippen LogP contribution is 2.71. The second-order valence-electron chi connectivity index (χ2n) is 13.7. The number of hydrogen-bond donors (Lipinski definition) is 1. The number of hydrogen-bond acceptors (Lipinski definition) is 2. The maximum absolute atomic E-state index is 7.05. The predicted molar refractivity (Wildman–Crippen MR) is 123 cm³/mol. The summed E-state index contributed by atoms with van der Waals surface area (Å²) >= 11 is 0. The van der Waals surface area contributed by atoms with E-state index in [0.29, 0.717) is 22.9 Å². The lowest BCUT2D eigenvalue weighted by Gasteiger charge is -2.61. The normalized spacial score (nSPS) is 62.5. The van der Waals surface area contributed by atoms with Gasteiger partial charge in [0.25, 0.3) is 0 Å². The van der Waals surface area contributed by atoms with Gasteiger partial charge in [-0.3, -0.25) is 5.32 Å². The minimum atomic E-state index is -0.00415. The van der Waals surface area contributed by atoms with Gasteiger partial charge >= 0.3 is 0 Å². The average molecular weight is 414 g/mol. The number of fused-ring (bicyclic) bond motifs is 7. The first kappa shape index (κ1) is 20.5. The molecule has 2 aliphatic heterocycles. The van der Waals surface area contributed by atoms with E-state index in [4.69, 9.17) is 4.74 Å². The molecule has 0 aromatic heterocycles. The van der Waals surface area contributed by atoms with Crippen LogP contribution in [0.5, 0.6) is 0 Å². The number of piperidine rings is 1. The van der Waals surface area contributed by atoms with E-state index in [9.17, 15) is 0 Å². The Morgan fingerprint density at radius 3 is 2.30 bits per heavy atom. The largest absolute Gasteiger partial charge is 0.357 e. The highest BCUT2D eigenvalue weighted by atomic mass is 16.5. The summed E-state index contributed by atoms with van der Waals surface area (Å²) in [6.45, 7) is 14.0. The Labute approximate surface area is 185 Å². The number of ether oxygens (including phenoxy) is 1. The molecule has 0 aromatic carbocycles. The lowest BCUT2D eigenvalue weighted by molar-refractivity contribution is -0.135. The molecular weight excluding hydrogens is 366 g/mol. The van der Waals surface area contributed by atoms with E-state index in [1.165, 1.54) is 64.2 Å². The Balaban J connectivity index is 1.26. The molecule has 2 nitrogen and oxygen atoms in total. The van der Waals surface area contributed by atoms with Gasteiger partial charge in [-0.25, -0.2) is 0 Å². The topological polar surface area (TPSA) is 21.3 Å². The molecule has 0 radical (unpaired) electrons. The third-order valence-corrected chi connectivity index (χ3v) is 12.4. The molecule has 1 N–H and O–H groups in total. The quantitative estimate of drug-likeness (QED) is 0.480. The molecule has 12 atom stereocenters. The van der Waals surface area contributed by atoms with Crippen LogP contribution in [0, 0.1) is 58.2 Å². The highest BCUT2D eigenvalue weighted by Gasteiger charge is 2.68. The molecule has 30 heavy (non-hydrogen) atoms. The van der Waals surface area contributed by atoms with Gasteiger partial charge in [-0.1, -0.05) is 41.0 Å². The van der Waals surface area contributed by atoms with Gasteiger partial charge in [-0.05, 0) is 110 Å². The summed E-state index contributed by atoms with van der Waals surface area (Å²) < 4.78 is 7.05. The summed E-state index contributed by atoms with van der Waals surface area (Å²) in [5.41, 5.74) is 1.16.